The highest BCUT2D eigenvalue weighted by Crippen LogP contribution is 2.34. The lowest BCUT2D eigenvalue weighted by molar-refractivity contribution is 0.352. The van der Waals surface area contributed by atoms with Crippen LogP contribution >= 0.6 is 23.2 Å². The van der Waals surface area contributed by atoms with Crippen LogP contribution in [0.1, 0.15) is 11.9 Å². The van der Waals surface area contributed by atoms with Gasteiger partial charge in [0.1, 0.15) is 17.2 Å². The summed E-state index contributed by atoms with van der Waals surface area (Å²) in [7, 11) is 0. The molecule has 1 aromatic carbocycles. The molecule has 3 heterocycles. The van der Waals surface area contributed by atoms with Crippen molar-refractivity contribution < 1.29 is 0 Å². The molecular formula is C15H13Cl2N5. The van der Waals surface area contributed by atoms with Gasteiger partial charge >= 0.3 is 0 Å². The van der Waals surface area contributed by atoms with Crippen molar-refractivity contribution >= 4 is 34.4 Å². The lowest BCUT2D eigenvalue weighted by Gasteiger charge is -2.30. The van der Waals surface area contributed by atoms with E-state index >= 15 is 0 Å². The van der Waals surface area contributed by atoms with Gasteiger partial charge in [-0.1, -0.05) is 35.3 Å². The van der Waals surface area contributed by atoms with Crippen LogP contribution in [-0.4, -0.2) is 32.6 Å². The number of nitrogens with zero attached hydrogens (tertiary/aromatic N) is 4. The summed E-state index contributed by atoms with van der Waals surface area (Å²) in [4.78, 5) is 13.4. The molecule has 3 aromatic rings. The van der Waals surface area contributed by atoms with Gasteiger partial charge in [0.25, 0.3) is 0 Å². The number of imidazole rings is 1. The number of nitrogens with one attached hydrogen (secondary N) is 1. The summed E-state index contributed by atoms with van der Waals surface area (Å²) >= 11 is 12.6. The lowest BCUT2D eigenvalue weighted by atomic mass is 10.1. The molecule has 0 saturated carbocycles. The first-order valence-electron chi connectivity index (χ1n) is 7.03. The van der Waals surface area contributed by atoms with Crippen molar-refractivity contribution in [1.29, 1.82) is 0 Å². The molecule has 22 heavy (non-hydrogen) atoms. The third-order valence-corrected chi connectivity index (χ3v) is 4.44. The predicted molar refractivity (Wildman–Crippen MR) is 87.4 cm³/mol. The van der Waals surface area contributed by atoms with Crippen LogP contribution in [0.2, 0.25) is 10.2 Å². The molecule has 1 fully saturated rings. The van der Waals surface area contributed by atoms with Crippen LogP contribution in [0.15, 0.2) is 24.3 Å². The third-order valence-electron chi connectivity index (χ3n) is 3.85. The Labute approximate surface area is 137 Å². The van der Waals surface area contributed by atoms with Crippen LogP contribution < -0.4 is 5.32 Å². The van der Waals surface area contributed by atoms with E-state index in [0.717, 1.165) is 30.1 Å². The zero-order chi connectivity index (χ0) is 15.3. The second kappa shape index (κ2) is 5.19. The molecule has 1 N–H and O–H groups in total. The maximum absolute atomic E-state index is 6.36. The SMILES string of the molecule is Cc1nc(Cl)c2nc(-c3ccccc3Cl)n(C3CNC3)c2n1. The standard InChI is InChI=1S/C15H13Cl2N5/c1-8-19-13(17)12-15(20-8)22(9-6-18-7-9)14(21-12)10-4-2-3-5-11(10)16/h2-5,9,18H,6-7H2,1H3. The van der Waals surface area contributed by atoms with E-state index in [9.17, 15) is 0 Å². The third kappa shape index (κ3) is 2.08. The zero-order valence-corrected chi connectivity index (χ0v) is 13.4. The van der Waals surface area contributed by atoms with E-state index in [4.69, 9.17) is 23.2 Å². The van der Waals surface area contributed by atoms with Crippen molar-refractivity contribution in [2.24, 2.45) is 0 Å². The number of aryl methyl sites for hydroxylation is 1. The maximum Gasteiger partial charge on any atom is 0.165 e. The summed E-state index contributed by atoms with van der Waals surface area (Å²) in [5.74, 6) is 1.42. The molecule has 0 unspecified atom stereocenters. The quantitative estimate of drug-likeness (QED) is 0.731. The molecule has 0 bridgehead atoms. The molecule has 112 valence electrons. The number of halogens is 2. The minimum Gasteiger partial charge on any atom is -0.313 e. The fourth-order valence-electron chi connectivity index (χ4n) is 2.68. The Morgan fingerprint density at radius 2 is 1.91 bits per heavy atom. The molecule has 0 aliphatic carbocycles. The number of hydrogen-bond acceptors (Lipinski definition) is 4. The molecule has 5 nitrogen and oxygen atoms in total. The Balaban J connectivity index is 2.05. The molecule has 1 aliphatic heterocycles. The van der Waals surface area contributed by atoms with E-state index in [1.165, 1.54) is 0 Å². The zero-order valence-electron chi connectivity index (χ0n) is 11.8. The van der Waals surface area contributed by atoms with Crippen molar-refractivity contribution in [1.82, 2.24) is 24.8 Å². The predicted octanol–water partition coefficient (Wildman–Crippen LogP) is 3.25. The van der Waals surface area contributed by atoms with E-state index in [1.807, 2.05) is 31.2 Å². The van der Waals surface area contributed by atoms with Gasteiger partial charge in [-0.25, -0.2) is 15.0 Å². The second-order valence-electron chi connectivity index (χ2n) is 5.33. The van der Waals surface area contributed by atoms with Gasteiger partial charge in [-0.2, -0.15) is 0 Å². The summed E-state index contributed by atoms with van der Waals surface area (Å²) in [5.41, 5.74) is 2.26. The second-order valence-corrected chi connectivity index (χ2v) is 6.10. The number of rotatable bonds is 2. The minimum absolute atomic E-state index is 0.293. The van der Waals surface area contributed by atoms with Gasteiger partial charge in [-0.3, -0.25) is 0 Å². The Morgan fingerprint density at radius 1 is 1.14 bits per heavy atom. The number of fused-ring (bicyclic) bond motifs is 1. The van der Waals surface area contributed by atoms with Crippen molar-refractivity contribution in [3.05, 3.63) is 40.3 Å². The Bertz CT molecular complexity index is 870. The van der Waals surface area contributed by atoms with Crippen molar-refractivity contribution in [3.8, 4) is 11.4 Å². The summed E-state index contributed by atoms with van der Waals surface area (Å²) in [6, 6.07) is 7.96. The average Bonchev–Trinajstić information content (AvgIpc) is 2.77. The summed E-state index contributed by atoms with van der Waals surface area (Å²) in [5, 5.41) is 4.31. The monoisotopic (exact) mass is 333 g/mol. The van der Waals surface area contributed by atoms with Crippen molar-refractivity contribution in [2.75, 3.05) is 13.1 Å². The molecule has 4 rings (SSSR count). The van der Waals surface area contributed by atoms with Crippen LogP contribution in [0.5, 0.6) is 0 Å². The topological polar surface area (TPSA) is 55.6 Å². The van der Waals surface area contributed by atoms with Crippen LogP contribution in [0.25, 0.3) is 22.6 Å². The van der Waals surface area contributed by atoms with Gasteiger partial charge in [-0.05, 0) is 19.1 Å². The highest BCUT2D eigenvalue weighted by molar-refractivity contribution is 6.34. The average molecular weight is 334 g/mol. The molecule has 1 saturated heterocycles. The normalized spacial score (nSPS) is 15.2. The molecule has 0 spiro atoms. The minimum atomic E-state index is 0.293. The van der Waals surface area contributed by atoms with E-state index in [-0.39, 0.29) is 0 Å². The summed E-state index contributed by atoms with van der Waals surface area (Å²) in [6.45, 7) is 3.59. The summed E-state index contributed by atoms with van der Waals surface area (Å²) < 4.78 is 2.12. The Morgan fingerprint density at radius 3 is 2.59 bits per heavy atom. The van der Waals surface area contributed by atoms with E-state index in [0.29, 0.717) is 27.6 Å². The van der Waals surface area contributed by atoms with E-state index in [2.05, 4.69) is 24.8 Å². The largest absolute Gasteiger partial charge is 0.313 e. The molecule has 1 aliphatic rings. The first kappa shape index (κ1) is 13.9. The van der Waals surface area contributed by atoms with Crippen LogP contribution in [0.3, 0.4) is 0 Å². The van der Waals surface area contributed by atoms with Gasteiger partial charge in [-0.15, -0.1) is 0 Å². The number of hydrogen-bond donors (Lipinski definition) is 1. The molecule has 0 radical (unpaired) electrons. The van der Waals surface area contributed by atoms with E-state index in [1.54, 1.807) is 0 Å². The Kier molecular flexibility index (Phi) is 3.29. The van der Waals surface area contributed by atoms with Gasteiger partial charge in [0.2, 0.25) is 0 Å². The fourth-order valence-corrected chi connectivity index (χ4v) is 3.15. The van der Waals surface area contributed by atoms with Crippen molar-refractivity contribution in [2.45, 2.75) is 13.0 Å². The Hall–Kier alpha value is -1.69. The van der Waals surface area contributed by atoms with Gasteiger partial charge in [0.05, 0.1) is 11.1 Å². The van der Waals surface area contributed by atoms with Crippen molar-refractivity contribution in [3.63, 3.8) is 0 Å². The van der Waals surface area contributed by atoms with Gasteiger partial charge in [0.15, 0.2) is 10.8 Å². The lowest BCUT2D eigenvalue weighted by Crippen LogP contribution is -2.43. The molecule has 0 amide bonds. The maximum atomic E-state index is 6.36. The van der Waals surface area contributed by atoms with Gasteiger partial charge < -0.3 is 9.88 Å². The fraction of sp³-hybridized carbons (Fsp3) is 0.267. The number of aromatic nitrogens is 4. The van der Waals surface area contributed by atoms with Crippen LogP contribution in [0.4, 0.5) is 0 Å². The molecular weight excluding hydrogens is 321 g/mol. The van der Waals surface area contributed by atoms with E-state index < -0.39 is 0 Å². The smallest absolute Gasteiger partial charge is 0.165 e. The highest BCUT2D eigenvalue weighted by Gasteiger charge is 2.27. The van der Waals surface area contributed by atoms with Crippen LogP contribution in [0, 0.1) is 6.92 Å². The first-order chi connectivity index (χ1) is 10.6. The van der Waals surface area contributed by atoms with Gasteiger partial charge in [0, 0.05) is 18.7 Å². The molecule has 2 aromatic heterocycles. The first-order valence-corrected chi connectivity index (χ1v) is 7.78. The van der Waals surface area contributed by atoms with Crippen LogP contribution in [-0.2, 0) is 0 Å². The molecule has 0 atom stereocenters. The highest BCUT2D eigenvalue weighted by atomic mass is 35.5. The number of benzene rings is 1. The molecule has 7 heteroatoms. The summed E-state index contributed by atoms with van der Waals surface area (Å²) in [6.07, 6.45) is 0.